The molecule has 0 aliphatic rings. The summed E-state index contributed by atoms with van der Waals surface area (Å²) in [6, 6.07) is 7.43. The van der Waals surface area contributed by atoms with Gasteiger partial charge in [-0.05, 0) is 24.3 Å². The minimum Gasteiger partial charge on any atom is -0.497 e. The molecular weight excluding hydrogens is 140 g/mol. The van der Waals surface area contributed by atoms with Crippen molar-refractivity contribution in [3.8, 4) is 5.75 Å². The Balaban J connectivity index is 2.67. The molecule has 55 valence electrons. The molecule has 1 radical (unpaired) electrons. The van der Waals surface area contributed by atoms with Crippen molar-refractivity contribution in [1.82, 2.24) is 0 Å². The molecule has 0 spiro atoms. The summed E-state index contributed by atoms with van der Waals surface area (Å²) in [6.07, 6.45) is 2.66. The van der Waals surface area contributed by atoms with Gasteiger partial charge in [-0.25, -0.2) is 0 Å². The standard InChI is InChI=1S/C9H7O2/c1-10-8-2-3-9-7(6-8)4-5-11-9/h2-4,6H,1H3. The highest BCUT2D eigenvalue weighted by Gasteiger charge is 1.97. The van der Waals surface area contributed by atoms with Gasteiger partial charge in [0.1, 0.15) is 11.3 Å². The fourth-order valence-corrected chi connectivity index (χ4v) is 1.02. The van der Waals surface area contributed by atoms with Crippen molar-refractivity contribution in [2.75, 3.05) is 7.11 Å². The summed E-state index contributed by atoms with van der Waals surface area (Å²) in [6.45, 7) is 0. The lowest BCUT2D eigenvalue weighted by Crippen LogP contribution is -1.79. The SMILES string of the molecule is COc1ccc2o[c]cc2c1. The molecule has 1 aromatic carbocycles. The van der Waals surface area contributed by atoms with Crippen molar-refractivity contribution in [3.63, 3.8) is 0 Å². The van der Waals surface area contributed by atoms with E-state index in [1.807, 2.05) is 18.2 Å². The molecule has 0 saturated heterocycles. The van der Waals surface area contributed by atoms with E-state index in [1.165, 1.54) is 0 Å². The number of benzene rings is 1. The molecule has 0 N–H and O–H groups in total. The molecule has 2 nitrogen and oxygen atoms in total. The van der Waals surface area contributed by atoms with Gasteiger partial charge in [0.05, 0.1) is 7.11 Å². The molecule has 0 unspecified atom stereocenters. The predicted molar refractivity (Wildman–Crippen MR) is 41.6 cm³/mol. The highest BCUT2D eigenvalue weighted by Crippen LogP contribution is 2.20. The zero-order valence-corrected chi connectivity index (χ0v) is 6.13. The maximum atomic E-state index is 5.04. The number of furan rings is 1. The number of rotatable bonds is 1. The lowest BCUT2D eigenvalue weighted by atomic mass is 10.2. The topological polar surface area (TPSA) is 22.4 Å². The van der Waals surface area contributed by atoms with Crippen molar-refractivity contribution < 1.29 is 9.15 Å². The molecule has 0 bridgehead atoms. The predicted octanol–water partition coefficient (Wildman–Crippen LogP) is 2.24. The second-order valence-corrected chi connectivity index (χ2v) is 2.27. The average molecular weight is 147 g/mol. The van der Waals surface area contributed by atoms with Crippen molar-refractivity contribution >= 4 is 11.0 Å². The molecule has 2 aromatic rings. The normalized spacial score (nSPS) is 10.3. The Bertz CT molecular complexity index is 362. The van der Waals surface area contributed by atoms with Crippen LogP contribution in [0.15, 0.2) is 28.7 Å². The number of hydrogen-bond acceptors (Lipinski definition) is 2. The van der Waals surface area contributed by atoms with Crippen LogP contribution in [0, 0.1) is 6.26 Å². The quantitative estimate of drug-likeness (QED) is 0.617. The summed E-state index contributed by atoms with van der Waals surface area (Å²) in [4.78, 5) is 0. The minimum absolute atomic E-state index is 0.839. The summed E-state index contributed by atoms with van der Waals surface area (Å²) in [5.74, 6) is 0.840. The van der Waals surface area contributed by atoms with Crippen LogP contribution in [0.1, 0.15) is 0 Å². The van der Waals surface area contributed by atoms with E-state index in [2.05, 4.69) is 6.26 Å². The molecule has 11 heavy (non-hydrogen) atoms. The third-order valence-electron chi connectivity index (χ3n) is 1.60. The molecule has 2 rings (SSSR count). The fourth-order valence-electron chi connectivity index (χ4n) is 1.02. The molecule has 0 aliphatic carbocycles. The summed E-state index contributed by atoms with van der Waals surface area (Å²) in [5, 5.41) is 1.02. The van der Waals surface area contributed by atoms with E-state index in [0.717, 1.165) is 16.7 Å². The van der Waals surface area contributed by atoms with E-state index < -0.39 is 0 Å². The summed E-state index contributed by atoms with van der Waals surface area (Å²) in [7, 11) is 1.64. The first kappa shape index (κ1) is 6.28. The summed E-state index contributed by atoms with van der Waals surface area (Å²) < 4.78 is 10.1. The van der Waals surface area contributed by atoms with E-state index >= 15 is 0 Å². The lowest BCUT2D eigenvalue weighted by molar-refractivity contribution is 0.415. The van der Waals surface area contributed by atoms with Crippen LogP contribution in [0.5, 0.6) is 5.75 Å². The highest BCUT2D eigenvalue weighted by molar-refractivity contribution is 5.78. The third-order valence-corrected chi connectivity index (χ3v) is 1.60. The molecule has 0 fully saturated rings. The lowest BCUT2D eigenvalue weighted by Gasteiger charge is -1.96. The molecule has 0 atom stereocenters. The molecule has 2 heteroatoms. The Morgan fingerprint density at radius 3 is 3.18 bits per heavy atom. The molecule has 1 heterocycles. The number of methoxy groups -OCH3 is 1. The van der Waals surface area contributed by atoms with Crippen LogP contribution in [0.3, 0.4) is 0 Å². The van der Waals surface area contributed by atoms with E-state index in [0.29, 0.717) is 0 Å². The van der Waals surface area contributed by atoms with Crippen molar-refractivity contribution in [2.24, 2.45) is 0 Å². The molecule has 0 aliphatic heterocycles. The molecule has 0 amide bonds. The Kier molecular flexibility index (Phi) is 1.32. The zero-order chi connectivity index (χ0) is 7.68. The summed E-state index contributed by atoms with van der Waals surface area (Å²) >= 11 is 0. The van der Waals surface area contributed by atoms with Crippen LogP contribution in [-0.4, -0.2) is 7.11 Å². The second kappa shape index (κ2) is 2.31. The van der Waals surface area contributed by atoms with E-state index in [4.69, 9.17) is 9.15 Å². The van der Waals surface area contributed by atoms with Gasteiger partial charge < -0.3 is 9.15 Å². The first-order chi connectivity index (χ1) is 5.40. The van der Waals surface area contributed by atoms with Gasteiger partial charge in [-0.2, -0.15) is 0 Å². The van der Waals surface area contributed by atoms with Crippen LogP contribution in [0.2, 0.25) is 0 Å². The Morgan fingerprint density at radius 1 is 1.45 bits per heavy atom. The molecule has 0 saturated carbocycles. The van der Waals surface area contributed by atoms with Crippen molar-refractivity contribution in [1.29, 1.82) is 0 Å². The minimum atomic E-state index is 0.839. The van der Waals surface area contributed by atoms with E-state index in [1.54, 1.807) is 13.2 Å². The van der Waals surface area contributed by atoms with Crippen molar-refractivity contribution in [3.05, 3.63) is 30.5 Å². The third kappa shape index (κ3) is 0.963. The maximum Gasteiger partial charge on any atom is 0.170 e. The van der Waals surface area contributed by atoms with Crippen LogP contribution in [0.4, 0.5) is 0 Å². The second-order valence-electron chi connectivity index (χ2n) is 2.27. The van der Waals surface area contributed by atoms with Crippen LogP contribution >= 0.6 is 0 Å². The van der Waals surface area contributed by atoms with Gasteiger partial charge >= 0.3 is 0 Å². The van der Waals surface area contributed by atoms with E-state index in [-0.39, 0.29) is 0 Å². The largest absolute Gasteiger partial charge is 0.497 e. The highest BCUT2D eigenvalue weighted by atomic mass is 16.5. The van der Waals surface area contributed by atoms with Gasteiger partial charge in [-0.15, -0.1) is 0 Å². The molecular formula is C9H7O2. The van der Waals surface area contributed by atoms with Gasteiger partial charge in [0.25, 0.3) is 0 Å². The zero-order valence-electron chi connectivity index (χ0n) is 6.13. The van der Waals surface area contributed by atoms with Crippen LogP contribution < -0.4 is 4.74 Å². The number of ether oxygens (including phenoxy) is 1. The fraction of sp³-hybridized carbons (Fsp3) is 0.111. The van der Waals surface area contributed by atoms with Gasteiger partial charge in [0, 0.05) is 5.39 Å². The van der Waals surface area contributed by atoms with Gasteiger partial charge in [-0.1, -0.05) is 0 Å². The average Bonchev–Trinajstić information content (AvgIpc) is 2.50. The smallest absolute Gasteiger partial charge is 0.170 e. The number of fused-ring (bicyclic) bond motifs is 1. The van der Waals surface area contributed by atoms with Crippen molar-refractivity contribution in [2.45, 2.75) is 0 Å². The monoisotopic (exact) mass is 147 g/mol. The first-order valence-electron chi connectivity index (χ1n) is 3.34. The first-order valence-corrected chi connectivity index (χ1v) is 3.34. The van der Waals surface area contributed by atoms with Crippen LogP contribution in [0.25, 0.3) is 11.0 Å². The molecule has 1 aromatic heterocycles. The van der Waals surface area contributed by atoms with Crippen LogP contribution in [-0.2, 0) is 0 Å². The van der Waals surface area contributed by atoms with Gasteiger partial charge in [0.15, 0.2) is 6.26 Å². The Hall–Kier alpha value is -1.44. The number of hydrogen-bond donors (Lipinski definition) is 0. The van der Waals surface area contributed by atoms with Gasteiger partial charge in [-0.3, -0.25) is 0 Å². The van der Waals surface area contributed by atoms with E-state index in [9.17, 15) is 0 Å². The summed E-state index contributed by atoms with van der Waals surface area (Å²) in [5.41, 5.74) is 0.839. The van der Waals surface area contributed by atoms with Gasteiger partial charge in [0.2, 0.25) is 0 Å². The Morgan fingerprint density at radius 2 is 2.36 bits per heavy atom. The Labute approximate surface area is 64.4 Å². The maximum absolute atomic E-state index is 5.04.